The van der Waals surface area contributed by atoms with Gasteiger partial charge in [0.15, 0.2) is 0 Å². The van der Waals surface area contributed by atoms with Gasteiger partial charge in [0.1, 0.15) is 12.3 Å². The average Bonchev–Trinajstić information content (AvgIpc) is 2.70. The normalized spacial score (nSPS) is 10.8. The number of aromatic nitrogens is 1. The molecule has 30 heavy (non-hydrogen) atoms. The highest BCUT2D eigenvalue weighted by molar-refractivity contribution is 6.01. The number of carbonyl (C=O) groups is 2. The molecule has 3 rings (SSSR count). The first-order valence-electron chi connectivity index (χ1n) is 9.75. The first-order valence-corrected chi connectivity index (χ1v) is 9.75. The molecule has 0 unspecified atom stereocenters. The molecule has 0 fully saturated rings. The molecular weight excluding hydrogens is 384 g/mol. The third kappa shape index (κ3) is 4.86. The highest BCUT2D eigenvalue weighted by Gasteiger charge is 2.15. The summed E-state index contributed by atoms with van der Waals surface area (Å²) in [5, 5.41) is 3.92. The molecule has 3 aromatic rings. The molecule has 1 heterocycles. The van der Waals surface area contributed by atoms with E-state index in [0.717, 1.165) is 5.39 Å². The zero-order valence-corrected chi connectivity index (χ0v) is 17.2. The van der Waals surface area contributed by atoms with Crippen LogP contribution in [0.2, 0.25) is 0 Å². The molecule has 7 heteroatoms. The Bertz CT molecular complexity index is 1130. The second-order valence-corrected chi connectivity index (χ2v) is 6.98. The number of para-hydroxylation sites is 1. The SMILES string of the molecule is CCOC(=O)c1ccccc1NC(=O)Cn1ccc2cc(OC(C)C)ccc2c1=O. The third-order valence-electron chi connectivity index (χ3n) is 4.33. The van der Waals surface area contributed by atoms with Gasteiger partial charge in [0.05, 0.1) is 24.0 Å². The number of fused-ring (bicyclic) bond motifs is 1. The van der Waals surface area contributed by atoms with Gasteiger partial charge in [-0.1, -0.05) is 12.1 Å². The van der Waals surface area contributed by atoms with Gasteiger partial charge in [-0.25, -0.2) is 4.79 Å². The van der Waals surface area contributed by atoms with E-state index in [0.29, 0.717) is 16.8 Å². The number of amides is 1. The largest absolute Gasteiger partial charge is 0.491 e. The molecule has 0 spiro atoms. The lowest BCUT2D eigenvalue weighted by molar-refractivity contribution is -0.116. The van der Waals surface area contributed by atoms with Crippen LogP contribution in [0.3, 0.4) is 0 Å². The number of hydrogen-bond donors (Lipinski definition) is 1. The summed E-state index contributed by atoms with van der Waals surface area (Å²) in [4.78, 5) is 37.4. The van der Waals surface area contributed by atoms with Crippen LogP contribution in [0.4, 0.5) is 5.69 Å². The number of benzene rings is 2. The molecule has 0 aliphatic carbocycles. The quantitative estimate of drug-likeness (QED) is 0.604. The van der Waals surface area contributed by atoms with Gasteiger partial charge in [-0.15, -0.1) is 0 Å². The van der Waals surface area contributed by atoms with Crippen molar-refractivity contribution in [2.24, 2.45) is 0 Å². The molecule has 0 radical (unpaired) electrons. The Morgan fingerprint density at radius 2 is 1.87 bits per heavy atom. The average molecular weight is 408 g/mol. The topological polar surface area (TPSA) is 86.6 Å². The van der Waals surface area contributed by atoms with E-state index in [4.69, 9.17) is 9.47 Å². The molecule has 0 saturated carbocycles. The molecule has 1 aromatic heterocycles. The molecule has 1 amide bonds. The minimum atomic E-state index is -0.518. The Labute approximate surface area is 174 Å². The van der Waals surface area contributed by atoms with Crippen LogP contribution in [0.5, 0.6) is 5.75 Å². The minimum absolute atomic E-state index is 0.0315. The maximum atomic E-state index is 12.8. The molecule has 0 atom stereocenters. The van der Waals surface area contributed by atoms with Crippen LogP contribution < -0.4 is 15.6 Å². The number of ether oxygens (including phenoxy) is 2. The summed E-state index contributed by atoms with van der Waals surface area (Å²) in [6.45, 7) is 5.62. The van der Waals surface area contributed by atoms with Gasteiger partial charge in [0, 0.05) is 11.6 Å². The van der Waals surface area contributed by atoms with Crippen molar-refractivity contribution in [3.8, 4) is 5.75 Å². The second-order valence-electron chi connectivity index (χ2n) is 6.98. The van der Waals surface area contributed by atoms with Crippen molar-refractivity contribution in [3.63, 3.8) is 0 Å². The van der Waals surface area contributed by atoms with Crippen LogP contribution in [-0.4, -0.2) is 29.2 Å². The highest BCUT2D eigenvalue weighted by Crippen LogP contribution is 2.20. The summed E-state index contributed by atoms with van der Waals surface area (Å²) < 4.78 is 12.0. The predicted octanol–water partition coefficient (Wildman–Crippen LogP) is 3.60. The molecule has 0 aliphatic heterocycles. The molecule has 0 aliphatic rings. The first kappa shape index (κ1) is 21.1. The number of nitrogens with zero attached hydrogens (tertiary/aromatic N) is 1. The van der Waals surface area contributed by atoms with Crippen LogP contribution in [0.25, 0.3) is 10.8 Å². The van der Waals surface area contributed by atoms with E-state index in [-0.39, 0.29) is 30.4 Å². The van der Waals surface area contributed by atoms with Crippen LogP contribution in [0, 0.1) is 0 Å². The maximum absolute atomic E-state index is 12.8. The van der Waals surface area contributed by atoms with Crippen molar-refractivity contribution >= 4 is 28.3 Å². The lowest BCUT2D eigenvalue weighted by atomic mass is 10.1. The standard InChI is InChI=1S/C23H24N2O5/c1-4-29-23(28)19-7-5-6-8-20(19)24-21(26)14-25-12-11-16-13-17(30-15(2)3)9-10-18(16)22(25)27/h5-13,15H,4,14H2,1-3H3,(H,24,26). The molecular formula is C23H24N2O5. The summed E-state index contributed by atoms with van der Waals surface area (Å²) in [5.74, 6) is -0.258. The van der Waals surface area contributed by atoms with Crippen LogP contribution in [-0.2, 0) is 16.1 Å². The molecule has 7 nitrogen and oxygen atoms in total. The van der Waals surface area contributed by atoms with E-state index in [9.17, 15) is 14.4 Å². The Morgan fingerprint density at radius 1 is 1.10 bits per heavy atom. The second kappa shape index (κ2) is 9.26. The lowest BCUT2D eigenvalue weighted by Crippen LogP contribution is -2.27. The fourth-order valence-electron chi connectivity index (χ4n) is 3.06. The van der Waals surface area contributed by atoms with Crippen LogP contribution >= 0.6 is 0 Å². The molecule has 0 bridgehead atoms. The third-order valence-corrected chi connectivity index (χ3v) is 4.33. The fourth-order valence-corrected chi connectivity index (χ4v) is 3.06. The van der Waals surface area contributed by atoms with Crippen molar-refractivity contribution in [2.75, 3.05) is 11.9 Å². The predicted molar refractivity (Wildman–Crippen MR) is 115 cm³/mol. The number of hydrogen-bond acceptors (Lipinski definition) is 5. The number of rotatable bonds is 7. The number of nitrogens with one attached hydrogen (secondary N) is 1. The van der Waals surface area contributed by atoms with Gasteiger partial charge in [-0.2, -0.15) is 0 Å². The fraction of sp³-hybridized carbons (Fsp3) is 0.261. The molecule has 156 valence electrons. The van der Waals surface area contributed by atoms with Gasteiger partial charge in [-0.3, -0.25) is 9.59 Å². The number of anilines is 1. The summed E-state index contributed by atoms with van der Waals surface area (Å²) in [6, 6.07) is 13.6. The highest BCUT2D eigenvalue weighted by atomic mass is 16.5. The summed E-state index contributed by atoms with van der Waals surface area (Å²) in [5.41, 5.74) is 0.318. The number of carbonyl (C=O) groups excluding carboxylic acids is 2. The van der Waals surface area contributed by atoms with Crippen LogP contribution in [0.1, 0.15) is 31.1 Å². The van der Waals surface area contributed by atoms with E-state index in [1.54, 1.807) is 61.7 Å². The zero-order chi connectivity index (χ0) is 21.7. The molecule has 0 saturated heterocycles. The van der Waals surface area contributed by atoms with E-state index in [1.165, 1.54) is 4.57 Å². The van der Waals surface area contributed by atoms with Gasteiger partial charge >= 0.3 is 5.97 Å². The maximum Gasteiger partial charge on any atom is 0.340 e. The number of pyridine rings is 1. The van der Waals surface area contributed by atoms with Crippen molar-refractivity contribution in [3.05, 3.63) is 70.6 Å². The van der Waals surface area contributed by atoms with Gasteiger partial charge in [0.25, 0.3) is 5.56 Å². The van der Waals surface area contributed by atoms with Crippen molar-refractivity contribution in [2.45, 2.75) is 33.4 Å². The van der Waals surface area contributed by atoms with Gasteiger partial charge in [0.2, 0.25) is 5.91 Å². The smallest absolute Gasteiger partial charge is 0.340 e. The van der Waals surface area contributed by atoms with E-state index >= 15 is 0 Å². The van der Waals surface area contributed by atoms with Crippen molar-refractivity contribution in [1.29, 1.82) is 0 Å². The van der Waals surface area contributed by atoms with E-state index < -0.39 is 11.9 Å². The molecule has 1 N–H and O–H groups in total. The van der Waals surface area contributed by atoms with Crippen molar-refractivity contribution < 1.29 is 19.1 Å². The zero-order valence-electron chi connectivity index (χ0n) is 17.2. The summed E-state index contributed by atoms with van der Waals surface area (Å²) in [6.07, 6.45) is 1.60. The van der Waals surface area contributed by atoms with E-state index in [2.05, 4.69) is 5.32 Å². The Hall–Kier alpha value is -3.61. The monoisotopic (exact) mass is 408 g/mol. The number of esters is 1. The minimum Gasteiger partial charge on any atom is -0.491 e. The Morgan fingerprint density at radius 3 is 2.60 bits per heavy atom. The van der Waals surface area contributed by atoms with Gasteiger partial charge in [-0.05, 0) is 62.6 Å². The van der Waals surface area contributed by atoms with Crippen LogP contribution in [0.15, 0.2) is 59.5 Å². The summed E-state index contributed by atoms with van der Waals surface area (Å²) in [7, 11) is 0. The van der Waals surface area contributed by atoms with Gasteiger partial charge < -0.3 is 19.4 Å². The molecule has 2 aromatic carbocycles. The Kier molecular flexibility index (Phi) is 6.51. The first-order chi connectivity index (χ1) is 14.4. The van der Waals surface area contributed by atoms with E-state index in [1.807, 2.05) is 13.8 Å². The Balaban J connectivity index is 1.80. The lowest BCUT2D eigenvalue weighted by Gasteiger charge is -2.12. The van der Waals surface area contributed by atoms with Crippen molar-refractivity contribution in [1.82, 2.24) is 4.57 Å². The summed E-state index contributed by atoms with van der Waals surface area (Å²) >= 11 is 0.